The maximum absolute atomic E-state index is 4.94. The van der Waals surface area contributed by atoms with Crippen molar-refractivity contribution in [2.45, 2.75) is 25.1 Å². The quantitative estimate of drug-likeness (QED) is 0.472. The highest BCUT2D eigenvalue weighted by Crippen LogP contribution is 2.05. The number of hydrogen-bond acceptors (Lipinski definition) is 3. The summed E-state index contributed by atoms with van der Waals surface area (Å²) in [5, 5.41) is 4.05. The van der Waals surface area contributed by atoms with Gasteiger partial charge in [0.15, 0.2) is 0 Å². The zero-order valence-electron chi connectivity index (χ0n) is 7.72. The van der Waals surface area contributed by atoms with E-state index in [4.69, 9.17) is 4.74 Å². The van der Waals surface area contributed by atoms with Crippen LogP contribution in [-0.4, -0.2) is 31.9 Å². The second-order valence-electron chi connectivity index (χ2n) is 2.43. The van der Waals surface area contributed by atoms with E-state index in [0.717, 1.165) is 19.6 Å². The van der Waals surface area contributed by atoms with E-state index in [-0.39, 0.29) is 0 Å². The maximum atomic E-state index is 4.94. The monoisotopic (exact) mass is 177 g/mol. The Morgan fingerprint density at radius 2 is 2.27 bits per heavy atom. The largest absolute Gasteiger partial charge is 0.385 e. The van der Waals surface area contributed by atoms with Crippen molar-refractivity contribution in [2.75, 3.05) is 26.5 Å². The highest BCUT2D eigenvalue weighted by molar-refractivity contribution is 7.99. The SMILES string of the molecule is CCC(NCCCOC)SC. The minimum absolute atomic E-state index is 0.617. The molecule has 0 amide bonds. The zero-order valence-corrected chi connectivity index (χ0v) is 8.54. The van der Waals surface area contributed by atoms with Crippen LogP contribution in [0.1, 0.15) is 19.8 Å². The van der Waals surface area contributed by atoms with Gasteiger partial charge in [0, 0.05) is 13.7 Å². The van der Waals surface area contributed by atoms with E-state index < -0.39 is 0 Å². The van der Waals surface area contributed by atoms with Crippen molar-refractivity contribution in [2.24, 2.45) is 0 Å². The molecule has 2 nitrogen and oxygen atoms in total. The van der Waals surface area contributed by atoms with Crippen LogP contribution in [0, 0.1) is 0 Å². The van der Waals surface area contributed by atoms with Gasteiger partial charge in [-0.2, -0.15) is 0 Å². The molecule has 0 saturated heterocycles. The van der Waals surface area contributed by atoms with Crippen molar-refractivity contribution in [3.63, 3.8) is 0 Å². The summed E-state index contributed by atoms with van der Waals surface area (Å²) in [7, 11) is 1.74. The smallest absolute Gasteiger partial charge is 0.0526 e. The van der Waals surface area contributed by atoms with Gasteiger partial charge in [-0.1, -0.05) is 6.92 Å². The lowest BCUT2D eigenvalue weighted by atomic mass is 10.4. The zero-order chi connectivity index (χ0) is 8.53. The van der Waals surface area contributed by atoms with Gasteiger partial charge in [-0.3, -0.25) is 0 Å². The van der Waals surface area contributed by atoms with Gasteiger partial charge in [-0.25, -0.2) is 0 Å². The van der Waals surface area contributed by atoms with Gasteiger partial charge in [0.1, 0.15) is 0 Å². The van der Waals surface area contributed by atoms with E-state index in [0.29, 0.717) is 5.37 Å². The van der Waals surface area contributed by atoms with Gasteiger partial charge in [-0.05, 0) is 25.6 Å². The van der Waals surface area contributed by atoms with Crippen molar-refractivity contribution in [1.82, 2.24) is 5.32 Å². The lowest BCUT2D eigenvalue weighted by Gasteiger charge is -2.13. The Hall–Kier alpha value is 0.270. The van der Waals surface area contributed by atoms with Crippen LogP contribution in [-0.2, 0) is 4.74 Å². The van der Waals surface area contributed by atoms with Crippen LogP contribution >= 0.6 is 11.8 Å². The maximum Gasteiger partial charge on any atom is 0.0526 e. The molecule has 68 valence electrons. The molecule has 0 aliphatic heterocycles. The molecular weight excluding hydrogens is 158 g/mol. The summed E-state index contributed by atoms with van der Waals surface area (Å²) in [5.74, 6) is 0. The number of hydrogen-bond donors (Lipinski definition) is 1. The van der Waals surface area contributed by atoms with E-state index >= 15 is 0 Å². The number of thioether (sulfide) groups is 1. The van der Waals surface area contributed by atoms with Crippen LogP contribution in [0.25, 0.3) is 0 Å². The van der Waals surface area contributed by atoms with E-state index in [2.05, 4.69) is 18.5 Å². The van der Waals surface area contributed by atoms with E-state index in [9.17, 15) is 0 Å². The first-order valence-corrected chi connectivity index (χ1v) is 5.39. The Labute approximate surface area is 74.1 Å². The van der Waals surface area contributed by atoms with Gasteiger partial charge in [0.25, 0.3) is 0 Å². The second-order valence-corrected chi connectivity index (χ2v) is 3.47. The minimum atomic E-state index is 0.617. The average molecular weight is 177 g/mol. The fraction of sp³-hybridized carbons (Fsp3) is 1.00. The first kappa shape index (κ1) is 11.3. The third-order valence-electron chi connectivity index (χ3n) is 1.55. The molecular formula is C8H19NOS. The Balaban J connectivity index is 3.07. The molecule has 0 fully saturated rings. The Bertz CT molecular complexity index is 76.5. The second kappa shape index (κ2) is 8.37. The Kier molecular flexibility index (Phi) is 8.57. The lowest BCUT2D eigenvalue weighted by Crippen LogP contribution is -2.26. The Morgan fingerprint density at radius 1 is 1.55 bits per heavy atom. The lowest BCUT2D eigenvalue weighted by molar-refractivity contribution is 0.194. The number of methoxy groups -OCH3 is 1. The molecule has 0 aliphatic carbocycles. The van der Waals surface area contributed by atoms with Crippen LogP contribution in [0.5, 0.6) is 0 Å². The predicted octanol–water partition coefficient (Wildman–Crippen LogP) is 1.71. The molecule has 1 atom stereocenters. The first-order valence-electron chi connectivity index (χ1n) is 4.10. The summed E-state index contributed by atoms with van der Waals surface area (Å²) in [6.45, 7) is 4.12. The van der Waals surface area contributed by atoms with Crippen molar-refractivity contribution < 1.29 is 4.74 Å². The third-order valence-corrected chi connectivity index (χ3v) is 2.62. The molecule has 0 radical (unpaired) electrons. The van der Waals surface area contributed by atoms with E-state index in [1.54, 1.807) is 7.11 Å². The van der Waals surface area contributed by atoms with Gasteiger partial charge in [0.05, 0.1) is 5.37 Å². The van der Waals surface area contributed by atoms with Crippen molar-refractivity contribution >= 4 is 11.8 Å². The predicted molar refractivity (Wildman–Crippen MR) is 52.1 cm³/mol. The number of ether oxygens (including phenoxy) is 1. The van der Waals surface area contributed by atoms with E-state index in [1.807, 2.05) is 11.8 Å². The Morgan fingerprint density at radius 3 is 2.73 bits per heavy atom. The minimum Gasteiger partial charge on any atom is -0.385 e. The highest BCUT2D eigenvalue weighted by Gasteiger charge is 2.00. The first-order chi connectivity index (χ1) is 5.35. The van der Waals surface area contributed by atoms with Crippen LogP contribution in [0.4, 0.5) is 0 Å². The molecule has 0 rings (SSSR count). The summed E-state index contributed by atoms with van der Waals surface area (Å²) in [6.07, 6.45) is 4.43. The van der Waals surface area contributed by atoms with Crippen LogP contribution < -0.4 is 5.32 Å². The summed E-state index contributed by atoms with van der Waals surface area (Å²) in [6, 6.07) is 0. The van der Waals surface area contributed by atoms with Gasteiger partial charge in [0.2, 0.25) is 0 Å². The molecule has 0 heterocycles. The van der Waals surface area contributed by atoms with Gasteiger partial charge < -0.3 is 10.1 Å². The molecule has 0 aromatic heterocycles. The highest BCUT2D eigenvalue weighted by atomic mass is 32.2. The molecule has 0 saturated carbocycles. The molecule has 0 aliphatic rings. The molecule has 0 bridgehead atoms. The number of nitrogens with one attached hydrogen (secondary N) is 1. The average Bonchev–Trinajstić information content (AvgIpc) is 2.05. The summed E-state index contributed by atoms with van der Waals surface area (Å²) < 4.78 is 4.94. The molecule has 1 unspecified atom stereocenters. The fourth-order valence-corrected chi connectivity index (χ4v) is 1.49. The van der Waals surface area contributed by atoms with Crippen LogP contribution in [0.15, 0.2) is 0 Å². The van der Waals surface area contributed by atoms with Gasteiger partial charge >= 0.3 is 0 Å². The van der Waals surface area contributed by atoms with Crippen molar-refractivity contribution in [3.05, 3.63) is 0 Å². The molecule has 0 aromatic carbocycles. The normalized spacial score (nSPS) is 13.4. The molecule has 3 heteroatoms. The molecule has 1 N–H and O–H groups in total. The topological polar surface area (TPSA) is 21.3 Å². The van der Waals surface area contributed by atoms with Crippen molar-refractivity contribution in [3.8, 4) is 0 Å². The summed E-state index contributed by atoms with van der Waals surface area (Å²) in [5.41, 5.74) is 0. The summed E-state index contributed by atoms with van der Waals surface area (Å²) >= 11 is 1.88. The molecule has 11 heavy (non-hydrogen) atoms. The van der Waals surface area contributed by atoms with Crippen LogP contribution in [0.2, 0.25) is 0 Å². The van der Waals surface area contributed by atoms with E-state index in [1.165, 1.54) is 6.42 Å². The van der Waals surface area contributed by atoms with Gasteiger partial charge in [-0.15, -0.1) is 11.8 Å². The molecule has 0 spiro atoms. The summed E-state index contributed by atoms with van der Waals surface area (Å²) in [4.78, 5) is 0. The van der Waals surface area contributed by atoms with Crippen LogP contribution in [0.3, 0.4) is 0 Å². The number of rotatable bonds is 7. The van der Waals surface area contributed by atoms with Crippen molar-refractivity contribution in [1.29, 1.82) is 0 Å². The fourth-order valence-electron chi connectivity index (χ4n) is 0.874. The molecule has 0 aromatic rings. The third kappa shape index (κ3) is 6.66. The standard InChI is InChI=1S/C8H19NOS/c1-4-8(11-3)9-6-5-7-10-2/h8-9H,4-7H2,1-3H3.